The van der Waals surface area contributed by atoms with Gasteiger partial charge in [0.25, 0.3) is 11.6 Å². The largest absolute Gasteiger partial charge is 0.457 e. The lowest BCUT2D eigenvalue weighted by molar-refractivity contribution is -0.384. The molecule has 0 bridgehead atoms. The number of rotatable bonds is 7. The molecule has 0 aliphatic heterocycles. The molecule has 0 unspecified atom stereocenters. The molecule has 7 nitrogen and oxygen atoms in total. The van der Waals surface area contributed by atoms with Crippen molar-refractivity contribution in [2.45, 2.75) is 0 Å². The Balaban J connectivity index is 1.41. The Labute approximate surface area is 186 Å². The number of benzene rings is 2. The van der Waals surface area contributed by atoms with Crippen LogP contribution in [-0.4, -0.2) is 16.6 Å². The van der Waals surface area contributed by atoms with Gasteiger partial charge in [-0.3, -0.25) is 19.7 Å². The molecule has 0 radical (unpaired) electrons. The molecule has 0 saturated carbocycles. The summed E-state index contributed by atoms with van der Waals surface area (Å²) < 4.78 is 5.68. The summed E-state index contributed by atoms with van der Waals surface area (Å²) in [6.07, 6.45) is 2.92. The molecule has 0 fully saturated rings. The number of carbonyl (C=O) groups excluding carboxylic acids is 2. The van der Waals surface area contributed by atoms with Gasteiger partial charge in [0, 0.05) is 28.9 Å². The van der Waals surface area contributed by atoms with Gasteiger partial charge in [-0.15, -0.1) is 11.3 Å². The van der Waals surface area contributed by atoms with Gasteiger partial charge in [0.1, 0.15) is 11.5 Å². The lowest BCUT2D eigenvalue weighted by atomic mass is 10.1. The fourth-order valence-electron chi connectivity index (χ4n) is 2.94. The number of furan rings is 1. The number of ketones is 1. The Morgan fingerprint density at radius 1 is 1.00 bits per heavy atom. The Morgan fingerprint density at radius 3 is 2.53 bits per heavy atom. The summed E-state index contributed by atoms with van der Waals surface area (Å²) in [4.78, 5) is 35.6. The van der Waals surface area contributed by atoms with Crippen LogP contribution in [0, 0.1) is 10.1 Å². The van der Waals surface area contributed by atoms with Gasteiger partial charge in [0.05, 0.1) is 9.80 Å². The van der Waals surface area contributed by atoms with E-state index in [1.54, 1.807) is 60.7 Å². The smallest absolute Gasteiger partial charge is 0.270 e. The van der Waals surface area contributed by atoms with E-state index in [9.17, 15) is 19.7 Å². The molecular formula is C24H16N2O5S. The maximum atomic E-state index is 12.4. The Hall–Kier alpha value is -4.30. The van der Waals surface area contributed by atoms with E-state index in [1.807, 2.05) is 5.38 Å². The number of nitrogens with one attached hydrogen (secondary N) is 1. The van der Waals surface area contributed by atoms with Crippen LogP contribution < -0.4 is 5.32 Å². The molecule has 0 aliphatic carbocycles. The van der Waals surface area contributed by atoms with Gasteiger partial charge >= 0.3 is 0 Å². The first-order chi connectivity index (χ1) is 15.5. The zero-order valence-electron chi connectivity index (χ0n) is 16.6. The quantitative estimate of drug-likeness (QED) is 0.161. The van der Waals surface area contributed by atoms with Crippen LogP contribution in [0.4, 0.5) is 11.4 Å². The number of nitro benzene ring substituents is 1. The molecular weight excluding hydrogens is 428 g/mol. The van der Waals surface area contributed by atoms with Gasteiger partial charge in [0.15, 0.2) is 5.78 Å². The van der Waals surface area contributed by atoms with Gasteiger partial charge in [-0.25, -0.2) is 0 Å². The molecule has 158 valence electrons. The molecule has 1 amide bonds. The van der Waals surface area contributed by atoms with Crippen molar-refractivity contribution >= 4 is 40.5 Å². The number of thiophene rings is 1. The van der Waals surface area contributed by atoms with E-state index < -0.39 is 4.92 Å². The third-order valence-electron chi connectivity index (χ3n) is 4.54. The van der Waals surface area contributed by atoms with Crippen LogP contribution in [0.15, 0.2) is 88.7 Å². The minimum Gasteiger partial charge on any atom is -0.457 e. The summed E-state index contributed by atoms with van der Waals surface area (Å²) in [6.45, 7) is 0. The molecule has 2 aromatic heterocycles. The van der Waals surface area contributed by atoms with Crippen LogP contribution in [0.2, 0.25) is 0 Å². The van der Waals surface area contributed by atoms with Crippen LogP contribution in [-0.2, 0) is 0 Å². The van der Waals surface area contributed by atoms with Gasteiger partial charge in [0.2, 0.25) is 0 Å². The summed E-state index contributed by atoms with van der Waals surface area (Å²) in [7, 11) is 0. The average Bonchev–Trinajstić information content (AvgIpc) is 3.50. The number of carbonyl (C=O) groups is 2. The number of non-ortho nitro benzene ring substituents is 1. The van der Waals surface area contributed by atoms with Gasteiger partial charge in [-0.2, -0.15) is 0 Å². The topological polar surface area (TPSA) is 102 Å². The number of hydrogen-bond acceptors (Lipinski definition) is 6. The van der Waals surface area contributed by atoms with Crippen LogP contribution in [0.5, 0.6) is 0 Å². The number of amides is 1. The predicted octanol–water partition coefficient (Wildman–Crippen LogP) is 6.06. The highest BCUT2D eigenvalue weighted by atomic mass is 32.1. The molecule has 4 aromatic rings. The predicted molar refractivity (Wildman–Crippen MR) is 123 cm³/mol. The van der Waals surface area contributed by atoms with E-state index in [-0.39, 0.29) is 17.4 Å². The molecule has 2 heterocycles. The summed E-state index contributed by atoms with van der Waals surface area (Å²) >= 11 is 1.35. The molecule has 2 aromatic carbocycles. The molecule has 4 rings (SSSR count). The fourth-order valence-corrected chi connectivity index (χ4v) is 3.56. The molecule has 0 aliphatic rings. The molecule has 32 heavy (non-hydrogen) atoms. The lowest BCUT2D eigenvalue weighted by Crippen LogP contribution is -2.10. The van der Waals surface area contributed by atoms with Crippen LogP contribution >= 0.6 is 11.3 Å². The SMILES string of the molecule is O=C(/C=C/c1ccc(-c2cccc([N+](=O)[O-])c2)o1)c1ccc(NC(=O)c2cccs2)cc1. The zero-order chi connectivity index (χ0) is 22.5. The number of anilines is 1. The van der Waals surface area contributed by atoms with E-state index in [0.29, 0.717) is 33.2 Å². The fraction of sp³-hybridized carbons (Fsp3) is 0. The van der Waals surface area contributed by atoms with Crippen molar-refractivity contribution in [3.63, 3.8) is 0 Å². The van der Waals surface area contributed by atoms with Crippen LogP contribution in [0.1, 0.15) is 25.8 Å². The second-order valence-electron chi connectivity index (χ2n) is 6.72. The minimum atomic E-state index is -0.467. The molecule has 0 spiro atoms. The lowest BCUT2D eigenvalue weighted by Gasteiger charge is -2.04. The first-order valence-electron chi connectivity index (χ1n) is 9.51. The van der Waals surface area contributed by atoms with Gasteiger partial charge in [-0.05, 0) is 60.0 Å². The highest BCUT2D eigenvalue weighted by molar-refractivity contribution is 7.12. The minimum absolute atomic E-state index is 0.0267. The third-order valence-corrected chi connectivity index (χ3v) is 5.41. The van der Waals surface area contributed by atoms with Crippen molar-refractivity contribution < 1.29 is 18.9 Å². The normalized spacial score (nSPS) is 10.9. The van der Waals surface area contributed by atoms with Crippen molar-refractivity contribution in [2.75, 3.05) is 5.32 Å². The number of nitrogens with zero attached hydrogens (tertiary/aromatic N) is 1. The highest BCUT2D eigenvalue weighted by Gasteiger charge is 2.10. The standard InChI is InChI=1S/C24H16N2O5S/c27-21(16-6-8-18(9-7-16)25-24(28)23-5-2-14-32-23)12-10-20-11-13-22(31-20)17-3-1-4-19(15-17)26(29)30/h1-15H,(H,25,28)/b12-10+. The maximum Gasteiger partial charge on any atom is 0.270 e. The maximum absolute atomic E-state index is 12.4. The number of nitro groups is 1. The van der Waals surface area contributed by atoms with Crippen molar-refractivity contribution in [1.82, 2.24) is 0 Å². The monoisotopic (exact) mass is 444 g/mol. The second-order valence-corrected chi connectivity index (χ2v) is 7.66. The first-order valence-corrected chi connectivity index (χ1v) is 10.4. The highest BCUT2D eigenvalue weighted by Crippen LogP contribution is 2.26. The van der Waals surface area contributed by atoms with E-state index in [2.05, 4.69) is 5.32 Å². The van der Waals surface area contributed by atoms with Crippen LogP contribution in [0.25, 0.3) is 17.4 Å². The summed E-state index contributed by atoms with van der Waals surface area (Å²) in [5.74, 6) is 0.483. The molecule has 1 N–H and O–H groups in total. The van der Waals surface area contributed by atoms with Gasteiger partial charge in [-0.1, -0.05) is 18.2 Å². The first kappa shape index (κ1) is 21.0. The Morgan fingerprint density at radius 2 is 1.81 bits per heavy atom. The van der Waals surface area contributed by atoms with E-state index in [1.165, 1.54) is 35.6 Å². The van der Waals surface area contributed by atoms with Crippen molar-refractivity contribution in [1.29, 1.82) is 0 Å². The number of allylic oxidation sites excluding steroid dienone is 1. The Bertz CT molecular complexity index is 1300. The van der Waals surface area contributed by atoms with Crippen molar-refractivity contribution in [3.05, 3.63) is 111 Å². The molecule has 0 saturated heterocycles. The molecule has 8 heteroatoms. The average molecular weight is 444 g/mol. The third kappa shape index (κ3) is 4.88. The summed E-state index contributed by atoms with van der Waals surface area (Å²) in [6, 6.07) is 19.6. The molecule has 0 atom stereocenters. The van der Waals surface area contributed by atoms with E-state index >= 15 is 0 Å². The number of hydrogen-bond donors (Lipinski definition) is 1. The summed E-state index contributed by atoms with van der Waals surface area (Å²) in [5.41, 5.74) is 1.60. The zero-order valence-corrected chi connectivity index (χ0v) is 17.4. The van der Waals surface area contributed by atoms with Gasteiger partial charge < -0.3 is 9.73 Å². The Kier molecular flexibility index (Phi) is 6.05. The van der Waals surface area contributed by atoms with E-state index in [0.717, 1.165) is 0 Å². The summed E-state index contributed by atoms with van der Waals surface area (Å²) in [5, 5.41) is 15.5. The van der Waals surface area contributed by atoms with Crippen LogP contribution in [0.3, 0.4) is 0 Å². The van der Waals surface area contributed by atoms with Crippen molar-refractivity contribution in [3.8, 4) is 11.3 Å². The van der Waals surface area contributed by atoms with Crippen molar-refractivity contribution in [2.24, 2.45) is 0 Å². The second kappa shape index (κ2) is 9.23. The van der Waals surface area contributed by atoms with E-state index in [4.69, 9.17) is 4.42 Å².